The minimum Gasteiger partial charge on any atom is -0.457 e. The average molecular weight is 500 g/mol. The van der Waals surface area contributed by atoms with Crippen LogP contribution in [-0.4, -0.2) is 40.5 Å². The quantitative estimate of drug-likeness (QED) is 0.270. The van der Waals surface area contributed by atoms with Crippen molar-refractivity contribution in [1.82, 2.24) is 15.2 Å². The van der Waals surface area contributed by atoms with Gasteiger partial charge in [-0.3, -0.25) is 9.59 Å². The third kappa shape index (κ3) is 5.30. The highest BCUT2D eigenvalue weighted by molar-refractivity contribution is 5.97. The molecule has 0 atom stereocenters. The number of alkyl halides is 1. The van der Waals surface area contributed by atoms with Crippen LogP contribution in [0.1, 0.15) is 28.6 Å². The maximum Gasteiger partial charge on any atom is 0.254 e. The molecule has 0 unspecified atom stereocenters. The van der Waals surface area contributed by atoms with Crippen LogP contribution in [0.3, 0.4) is 0 Å². The van der Waals surface area contributed by atoms with Crippen LogP contribution >= 0.6 is 0 Å². The van der Waals surface area contributed by atoms with Gasteiger partial charge < -0.3 is 26.1 Å². The number of benzene rings is 2. The Morgan fingerprint density at radius 3 is 2.54 bits per heavy atom. The van der Waals surface area contributed by atoms with Gasteiger partial charge >= 0.3 is 0 Å². The predicted octanol–water partition coefficient (Wildman–Crippen LogP) is 4.17. The summed E-state index contributed by atoms with van der Waals surface area (Å²) >= 11 is 0. The van der Waals surface area contributed by atoms with E-state index in [1.54, 1.807) is 42.6 Å². The molecule has 8 nitrogen and oxygen atoms in total. The number of nitrogens with one attached hydrogen (secondary N) is 1. The van der Waals surface area contributed by atoms with Crippen LogP contribution in [-0.2, 0) is 11.3 Å². The minimum atomic E-state index is -1.30. The molecule has 0 saturated carbocycles. The van der Waals surface area contributed by atoms with Crippen molar-refractivity contribution in [3.05, 3.63) is 83.8 Å². The number of furan rings is 1. The topological polar surface area (TPSA) is 127 Å². The lowest BCUT2D eigenvalue weighted by Gasteiger charge is -2.42. The van der Waals surface area contributed by atoms with Crippen molar-refractivity contribution in [2.75, 3.05) is 24.6 Å². The number of anilines is 2. The van der Waals surface area contributed by atoms with E-state index in [0.717, 1.165) is 22.1 Å². The number of fused-ring (bicyclic) bond motifs is 1. The lowest BCUT2D eigenvalue weighted by Crippen LogP contribution is -2.59. The second kappa shape index (κ2) is 9.42. The van der Waals surface area contributed by atoms with Crippen molar-refractivity contribution < 1.29 is 18.4 Å². The van der Waals surface area contributed by atoms with E-state index in [-0.39, 0.29) is 31.4 Å². The van der Waals surface area contributed by atoms with Crippen molar-refractivity contribution in [3.8, 4) is 11.1 Å². The van der Waals surface area contributed by atoms with Crippen molar-refractivity contribution in [3.63, 3.8) is 0 Å². The highest BCUT2D eigenvalue weighted by Crippen LogP contribution is 2.32. The van der Waals surface area contributed by atoms with Gasteiger partial charge in [-0.25, -0.2) is 9.37 Å². The molecule has 0 spiro atoms. The Kier molecular flexibility index (Phi) is 6.12. The van der Waals surface area contributed by atoms with E-state index in [0.29, 0.717) is 28.4 Å². The van der Waals surface area contributed by atoms with Crippen LogP contribution < -0.4 is 16.8 Å². The van der Waals surface area contributed by atoms with Crippen molar-refractivity contribution >= 4 is 40.4 Å². The molecule has 1 aliphatic heterocycles. The standard InChI is InChI=1S/C28H26FN5O3/c1-28(29)15-34(16-28)27(36)19-6-4-18(5-7-19)20-10-21-11-22(37-26(21)23(30)12-20)14-33-25(35)9-3-17-2-8-24(31)32-13-17/h2-13H,14-16,30H2,1H3,(H2,31,32)(H,33,35). The first-order valence-corrected chi connectivity index (χ1v) is 11.7. The van der Waals surface area contributed by atoms with Crippen LogP contribution in [0.4, 0.5) is 15.9 Å². The van der Waals surface area contributed by atoms with Crippen molar-refractivity contribution in [2.45, 2.75) is 19.1 Å². The Balaban J connectivity index is 1.25. The Morgan fingerprint density at radius 2 is 1.86 bits per heavy atom. The molecule has 0 aliphatic carbocycles. The third-order valence-electron chi connectivity index (χ3n) is 6.16. The van der Waals surface area contributed by atoms with E-state index in [4.69, 9.17) is 15.9 Å². The first kappa shape index (κ1) is 24.1. The lowest BCUT2D eigenvalue weighted by molar-refractivity contribution is -0.116. The zero-order valence-corrected chi connectivity index (χ0v) is 20.2. The number of likely N-dealkylation sites (tertiary alicyclic amines) is 1. The molecule has 3 heterocycles. The normalized spacial score (nSPS) is 14.6. The smallest absolute Gasteiger partial charge is 0.254 e. The van der Waals surface area contributed by atoms with Gasteiger partial charge in [0.1, 0.15) is 17.2 Å². The van der Waals surface area contributed by atoms with E-state index in [1.165, 1.54) is 17.9 Å². The molecule has 2 amide bonds. The molecule has 4 aromatic rings. The van der Waals surface area contributed by atoms with Crippen LogP contribution in [0, 0.1) is 0 Å². The number of rotatable bonds is 6. The SMILES string of the molecule is CC1(F)CN(C(=O)c2ccc(-c3cc(N)c4oc(CNC(=O)C=Cc5ccc(N)nc5)cc4c3)cc2)C1. The molecule has 2 aromatic heterocycles. The van der Waals surface area contributed by atoms with E-state index in [9.17, 15) is 14.0 Å². The van der Waals surface area contributed by atoms with E-state index in [1.807, 2.05) is 24.3 Å². The number of aromatic nitrogens is 1. The Hall–Kier alpha value is -4.66. The van der Waals surface area contributed by atoms with Crippen molar-refractivity contribution in [1.29, 1.82) is 0 Å². The first-order chi connectivity index (χ1) is 17.7. The number of amides is 2. The average Bonchev–Trinajstić information content (AvgIpc) is 3.29. The van der Waals surface area contributed by atoms with Gasteiger partial charge in [-0.15, -0.1) is 0 Å². The maximum absolute atomic E-state index is 13.7. The predicted molar refractivity (Wildman–Crippen MR) is 141 cm³/mol. The molecule has 9 heteroatoms. The maximum atomic E-state index is 13.7. The molecule has 188 valence electrons. The summed E-state index contributed by atoms with van der Waals surface area (Å²) in [5.41, 5.74) is 14.5. The lowest BCUT2D eigenvalue weighted by atomic mass is 9.97. The van der Waals surface area contributed by atoms with Crippen LogP contribution in [0.25, 0.3) is 28.2 Å². The number of pyridine rings is 1. The van der Waals surface area contributed by atoms with Gasteiger partial charge in [0.15, 0.2) is 5.58 Å². The zero-order chi connectivity index (χ0) is 26.2. The Labute approximate surface area is 212 Å². The van der Waals surface area contributed by atoms with Gasteiger partial charge in [0.05, 0.1) is 25.3 Å². The molecule has 0 radical (unpaired) electrons. The molecule has 37 heavy (non-hydrogen) atoms. The number of halogens is 1. The van der Waals surface area contributed by atoms with Gasteiger partial charge in [-0.1, -0.05) is 12.1 Å². The summed E-state index contributed by atoms with van der Waals surface area (Å²) in [4.78, 5) is 30.2. The molecule has 2 aromatic carbocycles. The molecular weight excluding hydrogens is 473 g/mol. The number of nitrogens with zero attached hydrogens (tertiary/aromatic N) is 2. The van der Waals surface area contributed by atoms with Gasteiger partial charge in [0.2, 0.25) is 5.91 Å². The monoisotopic (exact) mass is 499 g/mol. The van der Waals surface area contributed by atoms with E-state index < -0.39 is 5.67 Å². The summed E-state index contributed by atoms with van der Waals surface area (Å²) in [7, 11) is 0. The number of hydrogen-bond donors (Lipinski definition) is 3. The molecule has 5 rings (SSSR count). The summed E-state index contributed by atoms with van der Waals surface area (Å²) < 4.78 is 19.6. The first-order valence-electron chi connectivity index (χ1n) is 11.7. The summed E-state index contributed by atoms with van der Waals surface area (Å²) in [6, 6.07) is 16.1. The summed E-state index contributed by atoms with van der Waals surface area (Å²) in [6.45, 7) is 1.91. The third-order valence-corrected chi connectivity index (χ3v) is 6.16. The Morgan fingerprint density at radius 1 is 1.11 bits per heavy atom. The summed E-state index contributed by atoms with van der Waals surface area (Å²) in [6.07, 6.45) is 4.64. The van der Waals surface area contributed by atoms with E-state index in [2.05, 4.69) is 10.3 Å². The molecule has 1 saturated heterocycles. The largest absolute Gasteiger partial charge is 0.457 e. The second-order valence-corrected chi connectivity index (χ2v) is 9.42. The number of carbonyl (C=O) groups excluding carboxylic acids is 2. The van der Waals surface area contributed by atoms with Crippen LogP contribution in [0.2, 0.25) is 0 Å². The van der Waals surface area contributed by atoms with Gasteiger partial charge in [-0.2, -0.15) is 0 Å². The molecular formula is C28H26FN5O3. The summed E-state index contributed by atoms with van der Waals surface area (Å²) in [5, 5.41) is 3.58. The molecule has 1 aliphatic rings. The van der Waals surface area contributed by atoms with Crippen LogP contribution in [0.15, 0.2) is 71.3 Å². The highest BCUT2D eigenvalue weighted by Gasteiger charge is 2.41. The Bertz CT molecular complexity index is 1500. The second-order valence-electron chi connectivity index (χ2n) is 9.42. The van der Waals surface area contributed by atoms with E-state index >= 15 is 0 Å². The van der Waals surface area contributed by atoms with Gasteiger partial charge in [-0.05, 0) is 72.2 Å². The molecule has 0 bridgehead atoms. The fourth-order valence-corrected chi connectivity index (χ4v) is 4.29. The number of nitrogen functional groups attached to an aromatic ring is 2. The minimum absolute atomic E-state index is 0.112. The fraction of sp³-hybridized carbons (Fsp3) is 0.179. The van der Waals surface area contributed by atoms with Crippen molar-refractivity contribution in [2.24, 2.45) is 0 Å². The highest BCUT2D eigenvalue weighted by atomic mass is 19.1. The molecule has 1 fully saturated rings. The van der Waals surface area contributed by atoms with Crippen LogP contribution in [0.5, 0.6) is 0 Å². The number of hydrogen-bond acceptors (Lipinski definition) is 6. The fourth-order valence-electron chi connectivity index (χ4n) is 4.29. The van der Waals surface area contributed by atoms with Gasteiger partial charge in [0.25, 0.3) is 5.91 Å². The summed E-state index contributed by atoms with van der Waals surface area (Å²) in [5.74, 6) is 0.508. The number of carbonyl (C=O) groups is 2. The number of nitrogens with two attached hydrogens (primary N) is 2. The molecule has 5 N–H and O–H groups in total. The zero-order valence-electron chi connectivity index (χ0n) is 20.2. The van der Waals surface area contributed by atoms with Gasteiger partial charge in [0, 0.05) is 23.2 Å².